The molecule has 2 aromatic heterocycles. The van der Waals surface area contributed by atoms with E-state index in [1.807, 2.05) is 29.9 Å². The molecule has 0 bridgehead atoms. The van der Waals surface area contributed by atoms with Gasteiger partial charge in [0, 0.05) is 58.3 Å². The van der Waals surface area contributed by atoms with Crippen LogP contribution in [-0.4, -0.2) is 52.5 Å². The molecule has 0 aliphatic rings. The number of halogens is 3. The van der Waals surface area contributed by atoms with Gasteiger partial charge in [0.1, 0.15) is 0 Å². The summed E-state index contributed by atoms with van der Waals surface area (Å²) < 4.78 is 43.0. The molecule has 2 rings (SSSR count). The molecule has 0 aliphatic heterocycles. The van der Waals surface area contributed by atoms with Crippen LogP contribution in [-0.2, 0) is 20.1 Å². The number of alkyl halides is 3. The van der Waals surface area contributed by atoms with E-state index in [0.717, 1.165) is 16.8 Å². The highest BCUT2D eigenvalue weighted by Gasteiger charge is 2.28. The largest absolute Gasteiger partial charge is 0.468 e. The van der Waals surface area contributed by atoms with Crippen molar-refractivity contribution in [3.63, 3.8) is 0 Å². The van der Waals surface area contributed by atoms with Gasteiger partial charge in [-0.2, -0.15) is 18.3 Å². The second-order valence-corrected chi connectivity index (χ2v) is 7.03. The van der Waals surface area contributed by atoms with E-state index >= 15 is 0 Å². The maximum atomic E-state index is 12.2. The van der Waals surface area contributed by atoms with E-state index in [1.54, 1.807) is 13.1 Å². The Hall–Kier alpha value is -2.78. The third kappa shape index (κ3) is 6.95. The summed E-state index contributed by atoms with van der Waals surface area (Å²) in [6, 6.07) is 3.08. The van der Waals surface area contributed by atoms with Crippen LogP contribution < -0.4 is 10.1 Å². The monoisotopic (exact) mass is 412 g/mol. The fourth-order valence-electron chi connectivity index (χ4n) is 2.82. The van der Waals surface area contributed by atoms with E-state index in [4.69, 9.17) is 0 Å². The van der Waals surface area contributed by atoms with Gasteiger partial charge < -0.3 is 15.0 Å². The molecule has 0 aromatic carbocycles. The first-order chi connectivity index (χ1) is 13.6. The molecule has 7 nitrogen and oxygen atoms in total. The summed E-state index contributed by atoms with van der Waals surface area (Å²) in [6.07, 6.45) is -0.907. The molecule has 160 valence electrons. The number of aliphatic imine (C=N–C) groups is 1. The second-order valence-electron chi connectivity index (χ2n) is 7.03. The molecule has 0 saturated carbocycles. The average Bonchev–Trinajstić information content (AvgIpc) is 3.01. The number of pyridine rings is 1. The number of aromatic nitrogens is 3. The highest BCUT2D eigenvalue weighted by atomic mass is 19.4. The molecule has 0 radical (unpaired) electrons. The number of hydrogen-bond acceptors (Lipinski definition) is 4. The van der Waals surface area contributed by atoms with Crippen LogP contribution in [0.15, 0.2) is 29.5 Å². The Kier molecular flexibility index (Phi) is 7.46. The number of rotatable bonds is 7. The van der Waals surface area contributed by atoms with Crippen molar-refractivity contribution in [3.8, 4) is 5.88 Å². The Bertz CT molecular complexity index is 814. The fraction of sp³-hybridized carbons (Fsp3) is 0.526. The lowest BCUT2D eigenvalue weighted by molar-refractivity contribution is -0.154. The van der Waals surface area contributed by atoms with Gasteiger partial charge in [0.25, 0.3) is 0 Å². The number of aryl methyl sites for hydroxylation is 1. The van der Waals surface area contributed by atoms with E-state index in [0.29, 0.717) is 25.0 Å². The zero-order valence-electron chi connectivity index (χ0n) is 17.3. The van der Waals surface area contributed by atoms with Crippen molar-refractivity contribution in [2.24, 2.45) is 12.0 Å². The summed E-state index contributed by atoms with van der Waals surface area (Å²) in [5, 5.41) is 7.74. The molecule has 2 aromatic rings. The molecule has 2 heterocycles. The molecule has 0 aliphatic carbocycles. The number of nitrogens with zero attached hydrogens (tertiary/aromatic N) is 5. The van der Waals surface area contributed by atoms with Gasteiger partial charge in [-0.1, -0.05) is 19.9 Å². The lowest BCUT2D eigenvalue weighted by atomic mass is 10.1. The lowest BCUT2D eigenvalue weighted by Gasteiger charge is -2.22. The van der Waals surface area contributed by atoms with Crippen LogP contribution >= 0.6 is 0 Å². The first-order valence-electron chi connectivity index (χ1n) is 9.17. The van der Waals surface area contributed by atoms with Gasteiger partial charge in [-0.3, -0.25) is 9.67 Å². The lowest BCUT2D eigenvalue weighted by Crippen LogP contribution is -2.38. The Morgan fingerprint density at radius 1 is 1.34 bits per heavy atom. The summed E-state index contributed by atoms with van der Waals surface area (Å²) in [5.74, 6) is 0.935. The third-order valence-corrected chi connectivity index (χ3v) is 4.10. The smallest absolute Gasteiger partial charge is 0.422 e. The van der Waals surface area contributed by atoms with Crippen LogP contribution in [0, 0.1) is 0 Å². The summed E-state index contributed by atoms with van der Waals surface area (Å²) in [7, 11) is 5.52. The summed E-state index contributed by atoms with van der Waals surface area (Å²) in [6.45, 7) is 3.92. The quantitative estimate of drug-likeness (QED) is 0.559. The van der Waals surface area contributed by atoms with Crippen LogP contribution in [0.1, 0.15) is 36.6 Å². The van der Waals surface area contributed by atoms with Gasteiger partial charge in [0.15, 0.2) is 12.6 Å². The Labute approximate surface area is 168 Å². The molecule has 0 saturated heterocycles. The van der Waals surface area contributed by atoms with Crippen LogP contribution in [0.5, 0.6) is 5.88 Å². The van der Waals surface area contributed by atoms with Gasteiger partial charge in [0.05, 0.1) is 5.69 Å². The molecule has 0 unspecified atom stereocenters. The average molecular weight is 412 g/mol. The van der Waals surface area contributed by atoms with Gasteiger partial charge in [-0.25, -0.2) is 4.98 Å². The predicted octanol–water partition coefficient (Wildman–Crippen LogP) is 3.09. The zero-order valence-corrected chi connectivity index (χ0v) is 17.3. The predicted molar refractivity (Wildman–Crippen MR) is 105 cm³/mol. The van der Waals surface area contributed by atoms with Crippen molar-refractivity contribution in [2.75, 3.05) is 20.7 Å². The van der Waals surface area contributed by atoms with Crippen molar-refractivity contribution in [2.45, 2.75) is 39.0 Å². The van der Waals surface area contributed by atoms with Crippen LogP contribution in [0.4, 0.5) is 13.2 Å². The van der Waals surface area contributed by atoms with E-state index in [2.05, 4.69) is 39.0 Å². The molecule has 0 atom stereocenters. The minimum atomic E-state index is -4.39. The van der Waals surface area contributed by atoms with E-state index in [9.17, 15) is 13.2 Å². The molecule has 0 spiro atoms. The Morgan fingerprint density at radius 3 is 2.62 bits per heavy atom. The molecule has 0 amide bonds. The van der Waals surface area contributed by atoms with Crippen molar-refractivity contribution in [3.05, 3.63) is 41.3 Å². The highest BCUT2D eigenvalue weighted by molar-refractivity contribution is 5.79. The minimum Gasteiger partial charge on any atom is -0.468 e. The Morgan fingerprint density at radius 2 is 2.07 bits per heavy atom. The first-order valence-corrected chi connectivity index (χ1v) is 9.17. The van der Waals surface area contributed by atoms with Crippen LogP contribution in [0.2, 0.25) is 0 Å². The number of hydrogen-bond donors (Lipinski definition) is 1. The van der Waals surface area contributed by atoms with E-state index in [1.165, 1.54) is 12.3 Å². The summed E-state index contributed by atoms with van der Waals surface area (Å²) in [4.78, 5) is 10.2. The van der Waals surface area contributed by atoms with Gasteiger partial charge >= 0.3 is 6.18 Å². The van der Waals surface area contributed by atoms with Crippen LogP contribution in [0.25, 0.3) is 0 Å². The topological polar surface area (TPSA) is 67.6 Å². The maximum absolute atomic E-state index is 12.2. The van der Waals surface area contributed by atoms with Gasteiger partial charge in [0.2, 0.25) is 5.88 Å². The van der Waals surface area contributed by atoms with Gasteiger partial charge in [-0.15, -0.1) is 0 Å². The molecule has 1 N–H and O–H groups in total. The molecular formula is C19H27F3N6O. The fourth-order valence-corrected chi connectivity index (χ4v) is 2.82. The number of guanidine groups is 1. The van der Waals surface area contributed by atoms with Crippen molar-refractivity contribution < 1.29 is 17.9 Å². The number of ether oxygens (including phenoxy) is 1. The maximum Gasteiger partial charge on any atom is 0.422 e. The molecule has 0 fully saturated rings. The van der Waals surface area contributed by atoms with E-state index in [-0.39, 0.29) is 5.88 Å². The number of nitrogens with one attached hydrogen (secondary N) is 1. The first kappa shape index (κ1) is 22.5. The second kappa shape index (κ2) is 9.62. The molecular weight excluding hydrogens is 385 g/mol. The summed E-state index contributed by atoms with van der Waals surface area (Å²) >= 11 is 0. The normalized spacial score (nSPS) is 12.4. The SMILES string of the molecule is CN=C(NCc1ccc(OCC(F)(F)F)nc1)N(C)Cc1cn(C)nc1C(C)C. The molecule has 29 heavy (non-hydrogen) atoms. The zero-order chi connectivity index (χ0) is 21.6. The summed E-state index contributed by atoms with van der Waals surface area (Å²) in [5.41, 5.74) is 2.97. The van der Waals surface area contributed by atoms with Crippen molar-refractivity contribution >= 4 is 5.96 Å². The molecule has 10 heteroatoms. The Balaban J connectivity index is 1.93. The third-order valence-electron chi connectivity index (χ3n) is 4.10. The van der Waals surface area contributed by atoms with Crippen molar-refractivity contribution in [1.29, 1.82) is 0 Å². The minimum absolute atomic E-state index is 0.0645. The highest BCUT2D eigenvalue weighted by Crippen LogP contribution is 2.19. The van der Waals surface area contributed by atoms with E-state index < -0.39 is 12.8 Å². The van der Waals surface area contributed by atoms with Crippen LogP contribution in [0.3, 0.4) is 0 Å². The standard InChI is InChI=1S/C19H27F3N6O/c1-13(2)17-15(11-28(5)26-17)10-27(4)18(23-3)25-9-14-6-7-16(24-8-14)29-12-19(20,21)22/h6-8,11,13H,9-10,12H2,1-5H3,(H,23,25). The van der Waals surface area contributed by atoms with Gasteiger partial charge in [-0.05, 0) is 11.5 Å². The van der Waals surface area contributed by atoms with Crippen molar-refractivity contribution in [1.82, 2.24) is 25.0 Å².